The van der Waals surface area contributed by atoms with E-state index in [1.54, 1.807) is 24.3 Å². The number of carbonyl (C=O) groups is 3. The van der Waals surface area contributed by atoms with Gasteiger partial charge in [-0.25, -0.2) is 9.69 Å². The fourth-order valence-corrected chi connectivity index (χ4v) is 4.90. The lowest BCUT2D eigenvalue weighted by Gasteiger charge is -2.26. The Kier molecular flexibility index (Phi) is 6.73. The molecule has 3 rings (SSSR count). The molecule has 1 aliphatic rings. The number of nitrogens with zero attached hydrogens (tertiary/aromatic N) is 1. The first-order valence-corrected chi connectivity index (χ1v) is 10.7. The third-order valence-corrected chi connectivity index (χ3v) is 5.64. The molecule has 0 unspecified atom stereocenters. The summed E-state index contributed by atoms with van der Waals surface area (Å²) in [4.78, 5) is 38.6. The van der Waals surface area contributed by atoms with Crippen LogP contribution >= 0.6 is 45.2 Å². The number of halogens is 2. The summed E-state index contributed by atoms with van der Waals surface area (Å²) in [6, 6.07) is 9.82. The highest BCUT2D eigenvalue weighted by molar-refractivity contribution is 14.1. The maximum atomic E-state index is 13.0. The number of barbiturate groups is 1. The van der Waals surface area contributed by atoms with E-state index in [4.69, 9.17) is 4.74 Å². The minimum absolute atomic E-state index is 0.113. The first-order valence-electron chi connectivity index (χ1n) is 8.52. The number of amides is 4. The predicted octanol–water partition coefficient (Wildman–Crippen LogP) is 4.44. The second kappa shape index (κ2) is 9.08. The molecule has 6 nitrogen and oxygen atoms in total. The highest BCUT2D eigenvalue weighted by Gasteiger charge is 2.36. The van der Waals surface area contributed by atoms with Crippen LogP contribution in [0.3, 0.4) is 0 Å². The lowest BCUT2D eigenvalue weighted by atomic mass is 10.1. The van der Waals surface area contributed by atoms with Gasteiger partial charge in [-0.1, -0.05) is 24.8 Å². The van der Waals surface area contributed by atoms with Crippen LogP contribution in [0.15, 0.2) is 54.6 Å². The molecule has 4 amide bonds. The van der Waals surface area contributed by atoms with Gasteiger partial charge >= 0.3 is 6.03 Å². The molecule has 0 atom stereocenters. The van der Waals surface area contributed by atoms with Gasteiger partial charge in [0.25, 0.3) is 11.8 Å². The quantitative estimate of drug-likeness (QED) is 0.234. The number of carbonyl (C=O) groups excluding carboxylic acids is 3. The topological polar surface area (TPSA) is 75.7 Å². The van der Waals surface area contributed by atoms with E-state index in [0.29, 0.717) is 23.6 Å². The van der Waals surface area contributed by atoms with Gasteiger partial charge in [0.05, 0.1) is 12.8 Å². The Bertz CT molecular complexity index is 1040. The van der Waals surface area contributed by atoms with E-state index in [9.17, 15) is 14.4 Å². The zero-order chi connectivity index (χ0) is 21.1. The summed E-state index contributed by atoms with van der Waals surface area (Å²) in [6.45, 7) is 5.87. The van der Waals surface area contributed by atoms with Gasteiger partial charge in [0, 0.05) is 0 Å². The van der Waals surface area contributed by atoms with Crippen molar-refractivity contribution in [2.45, 2.75) is 6.92 Å². The van der Waals surface area contributed by atoms with Crippen molar-refractivity contribution in [3.8, 4) is 5.75 Å². The lowest BCUT2D eigenvalue weighted by Crippen LogP contribution is -2.54. The van der Waals surface area contributed by atoms with Gasteiger partial charge < -0.3 is 4.74 Å². The van der Waals surface area contributed by atoms with Crippen LogP contribution < -0.4 is 15.0 Å². The Morgan fingerprint density at radius 3 is 2.45 bits per heavy atom. The van der Waals surface area contributed by atoms with Crippen molar-refractivity contribution in [1.82, 2.24) is 5.32 Å². The predicted molar refractivity (Wildman–Crippen MR) is 128 cm³/mol. The summed E-state index contributed by atoms with van der Waals surface area (Å²) in [7, 11) is 0. The summed E-state index contributed by atoms with van der Waals surface area (Å²) >= 11 is 4.27. The first kappa shape index (κ1) is 21.5. The van der Waals surface area contributed by atoms with Gasteiger partial charge in [0.15, 0.2) is 0 Å². The second-order valence-corrected chi connectivity index (χ2v) is 8.53. The standard InChI is InChI=1S/C21H16I2N2O4/c1-3-7-29-18-16(22)10-13(11-17(18)23)9-15-19(26)24-21(28)25(20(15)27)14-6-4-5-12(2)8-14/h3-6,8-11H,1,7H2,2H3,(H,24,26,28)/b15-9+. The average molecular weight is 614 g/mol. The zero-order valence-corrected chi connectivity index (χ0v) is 19.7. The molecule has 0 aliphatic carbocycles. The van der Waals surface area contributed by atoms with Crippen LogP contribution in [0.25, 0.3) is 6.08 Å². The number of benzene rings is 2. The molecule has 8 heteroatoms. The first-order chi connectivity index (χ1) is 13.8. The number of ether oxygens (including phenoxy) is 1. The third kappa shape index (κ3) is 4.69. The number of rotatable bonds is 5. The largest absolute Gasteiger partial charge is 0.487 e. The fraction of sp³-hybridized carbons (Fsp3) is 0.0952. The molecule has 0 spiro atoms. The van der Waals surface area contributed by atoms with Crippen LogP contribution in [0.1, 0.15) is 11.1 Å². The molecule has 2 aromatic rings. The fourth-order valence-electron chi connectivity index (χ4n) is 2.77. The van der Waals surface area contributed by atoms with Crippen LogP contribution in [0.2, 0.25) is 0 Å². The van der Waals surface area contributed by atoms with Crippen molar-refractivity contribution in [2.75, 3.05) is 11.5 Å². The van der Waals surface area contributed by atoms with Crippen LogP contribution in [0.5, 0.6) is 5.75 Å². The summed E-state index contributed by atoms with van der Waals surface area (Å²) in [6.07, 6.45) is 3.14. The Morgan fingerprint density at radius 1 is 1.14 bits per heavy atom. The molecule has 1 aliphatic heterocycles. The lowest BCUT2D eigenvalue weighted by molar-refractivity contribution is -0.122. The van der Waals surface area contributed by atoms with Crippen LogP contribution in [-0.4, -0.2) is 24.5 Å². The van der Waals surface area contributed by atoms with E-state index < -0.39 is 17.8 Å². The number of urea groups is 1. The summed E-state index contributed by atoms with van der Waals surface area (Å²) in [5.41, 5.74) is 1.84. The van der Waals surface area contributed by atoms with Crippen molar-refractivity contribution in [3.63, 3.8) is 0 Å². The molecule has 1 N–H and O–H groups in total. The molecular weight excluding hydrogens is 598 g/mol. The number of hydrogen-bond donors (Lipinski definition) is 1. The van der Waals surface area contributed by atoms with Gasteiger partial charge in [-0.15, -0.1) is 0 Å². The molecule has 0 radical (unpaired) electrons. The second-order valence-electron chi connectivity index (χ2n) is 6.21. The van der Waals surface area contributed by atoms with Crippen molar-refractivity contribution in [3.05, 3.63) is 72.9 Å². The summed E-state index contributed by atoms with van der Waals surface area (Å²) in [5.74, 6) is -0.675. The Balaban J connectivity index is 1.99. The van der Waals surface area contributed by atoms with E-state index in [1.165, 1.54) is 6.08 Å². The smallest absolute Gasteiger partial charge is 0.335 e. The van der Waals surface area contributed by atoms with Crippen molar-refractivity contribution in [1.29, 1.82) is 0 Å². The molecule has 0 aromatic heterocycles. The SMILES string of the molecule is C=CCOc1c(I)cc(/C=C2\C(=O)NC(=O)N(c3cccc(C)c3)C2=O)cc1I. The molecule has 0 saturated carbocycles. The maximum Gasteiger partial charge on any atom is 0.335 e. The number of imide groups is 2. The van der Waals surface area contributed by atoms with Crippen molar-refractivity contribution < 1.29 is 19.1 Å². The minimum Gasteiger partial charge on any atom is -0.487 e. The molecule has 2 aromatic carbocycles. The summed E-state index contributed by atoms with van der Waals surface area (Å²) in [5, 5.41) is 2.24. The van der Waals surface area contributed by atoms with Crippen LogP contribution in [0, 0.1) is 14.1 Å². The highest BCUT2D eigenvalue weighted by Crippen LogP contribution is 2.30. The Morgan fingerprint density at radius 2 is 1.83 bits per heavy atom. The van der Waals surface area contributed by atoms with E-state index in [-0.39, 0.29) is 5.57 Å². The molecule has 1 heterocycles. The van der Waals surface area contributed by atoms with E-state index in [2.05, 4.69) is 57.1 Å². The van der Waals surface area contributed by atoms with Gasteiger partial charge in [-0.05, 0) is 93.6 Å². The van der Waals surface area contributed by atoms with Gasteiger partial charge in [0.2, 0.25) is 0 Å². The van der Waals surface area contributed by atoms with Gasteiger partial charge in [0.1, 0.15) is 17.9 Å². The zero-order valence-electron chi connectivity index (χ0n) is 15.4. The maximum absolute atomic E-state index is 13.0. The third-order valence-electron chi connectivity index (χ3n) is 4.04. The molecule has 1 saturated heterocycles. The van der Waals surface area contributed by atoms with Crippen LogP contribution in [-0.2, 0) is 9.59 Å². The highest BCUT2D eigenvalue weighted by atomic mass is 127. The molecular formula is C21H16I2N2O4. The molecule has 0 bridgehead atoms. The van der Waals surface area contributed by atoms with Gasteiger partial charge in [-0.3, -0.25) is 14.9 Å². The van der Waals surface area contributed by atoms with Crippen molar-refractivity contribution in [2.24, 2.45) is 0 Å². The van der Waals surface area contributed by atoms with Gasteiger partial charge in [-0.2, -0.15) is 0 Å². The van der Waals surface area contributed by atoms with E-state index in [0.717, 1.165) is 17.6 Å². The summed E-state index contributed by atoms with van der Waals surface area (Å²) < 4.78 is 7.32. The number of nitrogens with one attached hydrogen (secondary N) is 1. The molecule has 29 heavy (non-hydrogen) atoms. The average Bonchev–Trinajstić information content (AvgIpc) is 2.64. The van der Waals surface area contributed by atoms with Crippen LogP contribution in [0.4, 0.5) is 10.5 Å². The number of hydrogen-bond acceptors (Lipinski definition) is 4. The normalized spacial score (nSPS) is 15.5. The van der Waals surface area contributed by atoms with E-state index in [1.807, 2.05) is 25.1 Å². The molecule has 1 fully saturated rings. The number of aryl methyl sites for hydroxylation is 1. The Hall–Kier alpha value is -2.21. The Labute approximate surface area is 195 Å². The van der Waals surface area contributed by atoms with E-state index >= 15 is 0 Å². The number of anilines is 1. The monoisotopic (exact) mass is 614 g/mol. The minimum atomic E-state index is -0.764. The molecule has 148 valence electrons. The van der Waals surface area contributed by atoms with Crippen molar-refractivity contribution >= 4 is 74.8 Å².